The number of rotatable bonds is 4. The van der Waals surface area contributed by atoms with E-state index in [1.165, 1.54) is 18.2 Å². The molecule has 0 bridgehead atoms. The third-order valence-electron chi connectivity index (χ3n) is 2.18. The topological polar surface area (TPSA) is 43.1 Å². The Kier molecular flexibility index (Phi) is 4.24. The summed E-state index contributed by atoms with van der Waals surface area (Å²) in [6.45, 7) is 2.35. The summed E-state index contributed by atoms with van der Waals surface area (Å²) in [7, 11) is 0. The minimum Gasteiger partial charge on any atom is -0.330 e. The molecular formula is C11H13ClFNO. The van der Waals surface area contributed by atoms with Crippen LogP contribution in [0, 0.1) is 11.7 Å². The SMILES string of the molecule is CC(CN)CC(=O)c1ccc(F)c(Cl)c1. The molecule has 1 atom stereocenters. The lowest BCUT2D eigenvalue weighted by atomic mass is 10.00. The fourth-order valence-corrected chi connectivity index (χ4v) is 1.37. The molecule has 0 heterocycles. The van der Waals surface area contributed by atoms with Crippen molar-refractivity contribution in [1.82, 2.24) is 0 Å². The molecule has 1 rings (SSSR count). The van der Waals surface area contributed by atoms with Crippen LogP contribution in [0.3, 0.4) is 0 Å². The van der Waals surface area contributed by atoms with Gasteiger partial charge < -0.3 is 5.73 Å². The van der Waals surface area contributed by atoms with Gasteiger partial charge in [-0.1, -0.05) is 18.5 Å². The van der Waals surface area contributed by atoms with Crippen LogP contribution in [0.4, 0.5) is 4.39 Å². The Labute approximate surface area is 93.2 Å². The number of benzene rings is 1. The van der Waals surface area contributed by atoms with Crippen LogP contribution < -0.4 is 5.73 Å². The second-order valence-corrected chi connectivity index (χ2v) is 4.00. The molecular weight excluding hydrogens is 217 g/mol. The third kappa shape index (κ3) is 3.29. The molecule has 0 fully saturated rings. The lowest BCUT2D eigenvalue weighted by molar-refractivity contribution is 0.0966. The molecule has 0 saturated carbocycles. The Morgan fingerprint density at radius 1 is 1.60 bits per heavy atom. The molecule has 0 aliphatic carbocycles. The molecule has 0 spiro atoms. The largest absolute Gasteiger partial charge is 0.330 e. The summed E-state index contributed by atoms with van der Waals surface area (Å²) in [6.07, 6.45) is 0.360. The Balaban J connectivity index is 2.78. The minimum absolute atomic E-state index is 0.0266. The fourth-order valence-electron chi connectivity index (χ4n) is 1.19. The molecule has 1 aromatic carbocycles. The van der Waals surface area contributed by atoms with E-state index in [1.807, 2.05) is 6.92 Å². The summed E-state index contributed by atoms with van der Waals surface area (Å²) in [5.41, 5.74) is 5.85. The maximum atomic E-state index is 12.8. The monoisotopic (exact) mass is 229 g/mol. The van der Waals surface area contributed by atoms with Crippen molar-refractivity contribution in [2.75, 3.05) is 6.54 Å². The normalized spacial score (nSPS) is 12.5. The molecule has 2 nitrogen and oxygen atoms in total. The van der Waals surface area contributed by atoms with Gasteiger partial charge >= 0.3 is 0 Å². The number of carbonyl (C=O) groups excluding carboxylic acids is 1. The first kappa shape index (κ1) is 12.1. The second-order valence-electron chi connectivity index (χ2n) is 3.60. The smallest absolute Gasteiger partial charge is 0.163 e. The van der Waals surface area contributed by atoms with Crippen LogP contribution in [0.5, 0.6) is 0 Å². The molecule has 0 saturated heterocycles. The first-order chi connectivity index (χ1) is 7.04. The van der Waals surface area contributed by atoms with E-state index in [2.05, 4.69) is 0 Å². The van der Waals surface area contributed by atoms with Crippen LogP contribution in [-0.2, 0) is 0 Å². The van der Waals surface area contributed by atoms with E-state index in [9.17, 15) is 9.18 Å². The van der Waals surface area contributed by atoms with Crippen molar-refractivity contribution in [3.05, 3.63) is 34.6 Å². The van der Waals surface area contributed by atoms with Crippen molar-refractivity contribution in [2.45, 2.75) is 13.3 Å². The van der Waals surface area contributed by atoms with E-state index in [1.54, 1.807) is 0 Å². The maximum Gasteiger partial charge on any atom is 0.163 e. The molecule has 0 aromatic heterocycles. The number of nitrogens with two attached hydrogens (primary N) is 1. The Hall–Kier alpha value is -0.930. The lowest BCUT2D eigenvalue weighted by Gasteiger charge is -2.07. The molecule has 1 aromatic rings. The number of carbonyl (C=O) groups is 1. The van der Waals surface area contributed by atoms with Crippen molar-refractivity contribution in [2.24, 2.45) is 11.7 Å². The Morgan fingerprint density at radius 2 is 2.27 bits per heavy atom. The molecule has 0 radical (unpaired) electrons. The highest BCUT2D eigenvalue weighted by Crippen LogP contribution is 2.18. The minimum atomic E-state index is -0.514. The molecule has 0 aliphatic rings. The second kappa shape index (κ2) is 5.24. The van der Waals surface area contributed by atoms with Crippen LogP contribution in [-0.4, -0.2) is 12.3 Å². The Morgan fingerprint density at radius 3 is 2.80 bits per heavy atom. The maximum absolute atomic E-state index is 12.8. The molecule has 4 heteroatoms. The predicted molar refractivity (Wildman–Crippen MR) is 58.6 cm³/mol. The molecule has 0 amide bonds. The molecule has 0 aliphatic heterocycles. The van der Waals surface area contributed by atoms with Gasteiger partial charge in [-0.15, -0.1) is 0 Å². The summed E-state index contributed by atoms with van der Waals surface area (Å²) >= 11 is 5.58. The van der Waals surface area contributed by atoms with Gasteiger partial charge in [0.2, 0.25) is 0 Å². The van der Waals surface area contributed by atoms with Gasteiger partial charge in [0.15, 0.2) is 5.78 Å². The van der Waals surface area contributed by atoms with Crippen molar-refractivity contribution < 1.29 is 9.18 Å². The van der Waals surface area contributed by atoms with Crippen molar-refractivity contribution in [1.29, 1.82) is 0 Å². The number of ketones is 1. The molecule has 2 N–H and O–H groups in total. The van der Waals surface area contributed by atoms with Gasteiger partial charge in [0.25, 0.3) is 0 Å². The van der Waals surface area contributed by atoms with Gasteiger partial charge in [-0.3, -0.25) is 4.79 Å². The van der Waals surface area contributed by atoms with E-state index >= 15 is 0 Å². The lowest BCUT2D eigenvalue weighted by Crippen LogP contribution is -2.15. The van der Waals surface area contributed by atoms with E-state index in [4.69, 9.17) is 17.3 Å². The highest BCUT2D eigenvalue weighted by molar-refractivity contribution is 6.31. The van der Waals surface area contributed by atoms with E-state index in [0.717, 1.165) is 0 Å². The summed E-state index contributed by atoms with van der Waals surface area (Å²) in [5.74, 6) is -0.448. The van der Waals surface area contributed by atoms with E-state index in [-0.39, 0.29) is 16.7 Å². The fraction of sp³-hybridized carbons (Fsp3) is 0.364. The highest BCUT2D eigenvalue weighted by atomic mass is 35.5. The van der Waals surface area contributed by atoms with Crippen LogP contribution in [0.25, 0.3) is 0 Å². The van der Waals surface area contributed by atoms with Crippen LogP contribution in [0.2, 0.25) is 5.02 Å². The number of Topliss-reactive ketones (excluding diaryl/α,β-unsaturated/α-hetero) is 1. The zero-order valence-electron chi connectivity index (χ0n) is 8.47. The standard InChI is InChI=1S/C11H13ClFNO/c1-7(6-14)4-11(15)8-2-3-10(13)9(12)5-8/h2-3,5,7H,4,6,14H2,1H3. The van der Waals surface area contributed by atoms with E-state index < -0.39 is 5.82 Å². The quantitative estimate of drug-likeness (QED) is 0.807. The zero-order chi connectivity index (χ0) is 11.4. The highest BCUT2D eigenvalue weighted by Gasteiger charge is 2.11. The Bertz CT molecular complexity index is 368. The zero-order valence-corrected chi connectivity index (χ0v) is 9.22. The third-order valence-corrected chi connectivity index (χ3v) is 2.47. The molecule has 82 valence electrons. The number of halogens is 2. The van der Waals surface area contributed by atoms with Gasteiger partial charge in [0.1, 0.15) is 5.82 Å². The summed E-state index contributed by atoms with van der Waals surface area (Å²) < 4.78 is 12.8. The number of hydrogen-bond acceptors (Lipinski definition) is 2. The van der Waals surface area contributed by atoms with Crippen molar-refractivity contribution in [3.8, 4) is 0 Å². The van der Waals surface area contributed by atoms with Crippen LogP contribution >= 0.6 is 11.6 Å². The first-order valence-electron chi connectivity index (χ1n) is 4.73. The van der Waals surface area contributed by atoms with Gasteiger partial charge in [-0.25, -0.2) is 4.39 Å². The van der Waals surface area contributed by atoms with Gasteiger partial charge in [-0.05, 0) is 30.7 Å². The average Bonchev–Trinajstić information content (AvgIpc) is 2.21. The summed E-state index contributed by atoms with van der Waals surface area (Å²) in [4.78, 5) is 11.6. The van der Waals surface area contributed by atoms with Crippen molar-refractivity contribution >= 4 is 17.4 Å². The first-order valence-corrected chi connectivity index (χ1v) is 5.10. The molecule has 1 unspecified atom stereocenters. The average molecular weight is 230 g/mol. The van der Waals surface area contributed by atoms with E-state index in [0.29, 0.717) is 18.5 Å². The van der Waals surface area contributed by atoms with Gasteiger partial charge in [0.05, 0.1) is 5.02 Å². The summed E-state index contributed by atoms with van der Waals surface area (Å²) in [5, 5.41) is -0.0266. The van der Waals surface area contributed by atoms with Gasteiger partial charge in [0, 0.05) is 12.0 Å². The predicted octanol–water partition coefficient (Wildman–Crippen LogP) is 2.65. The van der Waals surface area contributed by atoms with Gasteiger partial charge in [-0.2, -0.15) is 0 Å². The number of hydrogen-bond donors (Lipinski definition) is 1. The van der Waals surface area contributed by atoms with Crippen LogP contribution in [0.15, 0.2) is 18.2 Å². The van der Waals surface area contributed by atoms with Crippen molar-refractivity contribution in [3.63, 3.8) is 0 Å². The van der Waals surface area contributed by atoms with Crippen LogP contribution in [0.1, 0.15) is 23.7 Å². The molecule has 15 heavy (non-hydrogen) atoms. The summed E-state index contributed by atoms with van der Waals surface area (Å²) in [6, 6.07) is 3.98.